The summed E-state index contributed by atoms with van der Waals surface area (Å²) in [6.07, 6.45) is 5.42. The van der Waals surface area contributed by atoms with Gasteiger partial charge < -0.3 is 19.5 Å². The Morgan fingerprint density at radius 1 is 1.19 bits per heavy atom. The van der Waals surface area contributed by atoms with E-state index in [-0.39, 0.29) is 12.3 Å². The van der Waals surface area contributed by atoms with Crippen molar-refractivity contribution in [3.63, 3.8) is 0 Å². The molecule has 0 saturated heterocycles. The normalized spacial score (nSPS) is 19.5. The first-order valence-corrected chi connectivity index (χ1v) is 6.18. The summed E-state index contributed by atoms with van der Waals surface area (Å²) in [5.41, 5.74) is 0. The summed E-state index contributed by atoms with van der Waals surface area (Å²) in [6, 6.07) is 0.183. The maximum absolute atomic E-state index is 5.76. The van der Waals surface area contributed by atoms with Gasteiger partial charge in [0.05, 0.1) is 18.8 Å². The largest absolute Gasteiger partial charge is 0.377 e. The minimum absolute atomic E-state index is 0.183. The van der Waals surface area contributed by atoms with E-state index in [1.165, 1.54) is 25.7 Å². The Balaban J connectivity index is 2.00. The van der Waals surface area contributed by atoms with Gasteiger partial charge >= 0.3 is 0 Å². The zero-order valence-corrected chi connectivity index (χ0v) is 10.7. The summed E-state index contributed by atoms with van der Waals surface area (Å²) in [5.74, 6) is 0. The van der Waals surface area contributed by atoms with Crippen LogP contribution in [0.15, 0.2) is 0 Å². The first kappa shape index (κ1) is 13.9. The Bertz CT molecular complexity index is 168. The van der Waals surface area contributed by atoms with Crippen LogP contribution in [0.3, 0.4) is 0 Å². The van der Waals surface area contributed by atoms with Crippen molar-refractivity contribution in [3.05, 3.63) is 0 Å². The van der Waals surface area contributed by atoms with Crippen LogP contribution in [0.25, 0.3) is 0 Å². The lowest BCUT2D eigenvalue weighted by Crippen LogP contribution is -2.41. The highest BCUT2D eigenvalue weighted by atomic mass is 16.7. The smallest absolute Gasteiger partial charge is 0.171 e. The molecule has 16 heavy (non-hydrogen) atoms. The summed E-state index contributed by atoms with van der Waals surface area (Å²) in [6.45, 7) is 3.67. The highest BCUT2D eigenvalue weighted by molar-refractivity contribution is 4.68. The Hall–Kier alpha value is -0.160. The Labute approximate surface area is 98.6 Å². The Morgan fingerprint density at radius 3 is 2.38 bits per heavy atom. The molecule has 0 spiro atoms. The number of ether oxygens (including phenoxy) is 3. The topological polar surface area (TPSA) is 39.7 Å². The lowest BCUT2D eigenvalue weighted by Gasteiger charge is -2.22. The molecular formula is C12H25NO3. The van der Waals surface area contributed by atoms with Gasteiger partial charge in [-0.25, -0.2) is 0 Å². The van der Waals surface area contributed by atoms with Gasteiger partial charge in [-0.15, -0.1) is 0 Å². The van der Waals surface area contributed by atoms with Crippen LogP contribution in [0.5, 0.6) is 0 Å². The van der Waals surface area contributed by atoms with Crippen LogP contribution in [-0.4, -0.2) is 45.8 Å². The zero-order chi connectivity index (χ0) is 11.8. The molecule has 0 radical (unpaired) electrons. The summed E-state index contributed by atoms with van der Waals surface area (Å²) in [7, 11) is 3.31. The Morgan fingerprint density at radius 2 is 1.81 bits per heavy atom. The first-order valence-electron chi connectivity index (χ1n) is 6.18. The predicted molar refractivity (Wildman–Crippen MR) is 63.5 cm³/mol. The molecule has 4 nitrogen and oxygen atoms in total. The third-order valence-corrected chi connectivity index (χ3v) is 3.10. The summed E-state index contributed by atoms with van der Waals surface area (Å²) >= 11 is 0. The lowest BCUT2D eigenvalue weighted by molar-refractivity contribution is -0.120. The van der Waals surface area contributed by atoms with Gasteiger partial charge in [-0.1, -0.05) is 12.8 Å². The molecule has 0 aromatic rings. The summed E-state index contributed by atoms with van der Waals surface area (Å²) in [5, 5.41) is 3.33. The molecule has 1 unspecified atom stereocenters. The van der Waals surface area contributed by atoms with E-state index in [1.54, 1.807) is 14.2 Å². The first-order chi connectivity index (χ1) is 7.77. The van der Waals surface area contributed by atoms with Gasteiger partial charge in [0.1, 0.15) is 0 Å². The van der Waals surface area contributed by atoms with Crippen molar-refractivity contribution < 1.29 is 14.2 Å². The summed E-state index contributed by atoms with van der Waals surface area (Å²) < 4.78 is 16.1. The van der Waals surface area contributed by atoms with Crippen molar-refractivity contribution in [3.8, 4) is 0 Å². The third kappa shape index (κ3) is 4.78. The van der Waals surface area contributed by atoms with E-state index in [0.717, 1.165) is 13.2 Å². The van der Waals surface area contributed by atoms with Gasteiger partial charge in [0.15, 0.2) is 6.29 Å². The van der Waals surface area contributed by atoms with Crippen molar-refractivity contribution >= 4 is 0 Å². The molecule has 0 aromatic carbocycles. The van der Waals surface area contributed by atoms with Crippen LogP contribution >= 0.6 is 0 Å². The molecule has 1 aliphatic carbocycles. The Kier molecular flexibility index (Phi) is 6.96. The molecule has 96 valence electrons. The van der Waals surface area contributed by atoms with Gasteiger partial charge in [0.2, 0.25) is 0 Å². The molecule has 1 N–H and O–H groups in total. The fourth-order valence-corrected chi connectivity index (χ4v) is 2.17. The van der Waals surface area contributed by atoms with Crippen molar-refractivity contribution in [1.82, 2.24) is 5.32 Å². The van der Waals surface area contributed by atoms with E-state index in [2.05, 4.69) is 5.32 Å². The minimum Gasteiger partial charge on any atom is -0.377 e. The van der Waals surface area contributed by atoms with E-state index in [9.17, 15) is 0 Å². The molecule has 1 atom stereocenters. The van der Waals surface area contributed by atoms with E-state index in [4.69, 9.17) is 14.2 Å². The molecule has 1 rings (SSSR count). The van der Waals surface area contributed by atoms with Crippen LogP contribution in [0.4, 0.5) is 0 Å². The minimum atomic E-state index is -0.188. The van der Waals surface area contributed by atoms with Crippen LogP contribution < -0.4 is 5.32 Å². The number of hydrogen-bond donors (Lipinski definition) is 1. The van der Waals surface area contributed by atoms with Crippen molar-refractivity contribution in [1.29, 1.82) is 0 Å². The van der Waals surface area contributed by atoms with Crippen LogP contribution in [0.1, 0.15) is 32.6 Å². The molecule has 0 aliphatic heterocycles. The van der Waals surface area contributed by atoms with Crippen molar-refractivity contribution in [2.75, 3.05) is 27.4 Å². The molecule has 1 saturated carbocycles. The highest BCUT2D eigenvalue weighted by Crippen LogP contribution is 2.20. The average Bonchev–Trinajstić information content (AvgIpc) is 2.79. The second kappa shape index (κ2) is 8.01. The predicted octanol–water partition coefficient (Wildman–Crippen LogP) is 1.54. The van der Waals surface area contributed by atoms with Gasteiger partial charge in [-0.05, 0) is 19.8 Å². The molecular weight excluding hydrogens is 206 g/mol. The third-order valence-electron chi connectivity index (χ3n) is 3.10. The zero-order valence-electron chi connectivity index (χ0n) is 10.7. The van der Waals surface area contributed by atoms with E-state index in [0.29, 0.717) is 6.10 Å². The van der Waals surface area contributed by atoms with E-state index >= 15 is 0 Å². The molecule has 0 amide bonds. The maximum Gasteiger partial charge on any atom is 0.171 e. The van der Waals surface area contributed by atoms with Crippen molar-refractivity contribution in [2.45, 2.75) is 51.0 Å². The molecule has 1 fully saturated rings. The molecule has 4 heteroatoms. The monoisotopic (exact) mass is 231 g/mol. The maximum atomic E-state index is 5.76. The van der Waals surface area contributed by atoms with Crippen LogP contribution in [-0.2, 0) is 14.2 Å². The summed E-state index contributed by atoms with van der Waals surface area (Å²) in [4.78, 5) is 0. The standard InChI is InChI=1S/C12H25NO3/c1-10(12(14-2)15-3)13-8-9-16-11-6-4-5-7-11/h10-13H,4-9H2,1-3H3. The van der Waals surface area contributed by atoms with Gasteiger partial charge in [-0.3, -0.25) is 0 Å². The SMILES string of the molecule is COC(OC)C(C)NCCOC1CCCC1. The molecule has 0 heterocycles. The van der Waals surface area contributed by atoms with Gasteiger partial charge in [0, 0.05) is 20.8 Å². The second-order valence-corrected chi connectivity index (χ2v) is 4.36. The number of hydrogen-bond acceptors (Lipinski definition) is 4. The quantitative estimate of drug-likeness (QED) is 0.508. The number of methoxy groups -OCH3 is 2. The van der Waals surface area contributed by atoms with Crippen molar-refractivity contribution in [2.24, 2.45) is 0 Å². The van der Waals surface area contributed by atoms with E-state index < -0.39 is 0 Å². The van der Waals surface area contributed by atoms with Crippen LogP contribution in [0, 0.1) is 0 Å². The fraction of sp³-hybridized carbons (Fsp3) is 1.00. The fourth-order valence-electron chi connectivity index (χ4n) is 2.17. The van der Waals surface area contributed by atoms with Gasteiger partial charge in [-0.2, -0.15) is 0 Å². The van der Waals surface area contributed by atoms with Gasteiger partial charge in [0.25, 0.3) is 0 Å². The molecule has 1 aliphatic rings. The second-order valence-electron chi connectivity index (χ2n) is 4.36. The number of rotatable bonds is 8. The highest BCUT2D eigenvalue weighted by Gasteiger charge is 2.16. The van der Waals surface area contributed by atoms with Crippen LogP contribution in [0.2, 0.25) is 0 Å². The van der Waals surface area contributed by atoms with E-state index in [1.807, 2.05) is 6.92 Å². The molecule has 0 bridgehead atoms. The lowest BCUT2D eigenvalue weighted by atomic mass is 10.3. The molecule has 0 aromatic heterocycles. The average molecular weight is 231 g/mol. The number of nitrogens with one attached hydrogen (secondary N) is 1.